The first-order valence-electron chi connectivity index (χ1n) is 7.33. The van der Waals surface area contributed by atoms with Crippen molar-refractivity contribution in [1.29, 1.82) is 0 Å². The van der Waals surface area contributed by atoms with Gasteiger partial charge in [-0.1, -0.05) is 18.2 Å². The Hall–Kier alpha value is -2.67. The van der Waals surface area contributed by atoms with Crippen molar-refractivity contribution in [2.45, 2.75) is 11.4 Å². The molecule has 0 fully saturated rings. The van der Waals surface area contributed by atoms with Gasteiger partial charge in [-0.2, -0.15) is 0 Å². The molecule has 24 heavy (non-hydrogen) atoms. The molecule has 2 aromatic heterocycles. The lowest BCUT2D eigenvalue weighted by Gasteiger charge is -2.05. The first kappa shape index (κ1) is 16.2. The molecule has 1 aromatic carbocycles. The summed E-state index contributed by atoms with van der Waals surface area (Å²) in [5.41, 5.74) is 2.47. The molecule has 3 aromatic rings. The number of aryl methyl sites for hydroxylation is 1. The Bertz CT molecular complexity index is 1010. The molecule has 0 aliphatic heterocycles. The van der Waals surface area contributed by atoms with Crippen LogP contribution in [0.2, 0.25) is 0 Å². The van der Waals surface area contributed by atoms with Crippen LogP contribution in [0.3, 0.4) is 0 Å². The maximum atomic E-state index is 12.3. The predicted octanol–water partition coefficient (Wildman–Crippen LogP) is 2.16. The van der Waals surface area contributed by atoms with E-state index in [-0.39, 0.29) is 17.4 Å². The van der Waals surface area contributed by atoms with E-state index in [1.54, 1.807) is 0 Å². The van der Waals surface area contributed by atoms with Crippen LogP contribution in [0.1, 0.15) is 5.56 Å². The highest BCUT2D eigenvalue weighted by Gasteiger charge is 2.12. The molecule has 0 bridgehead atoms. The summed E-state index contributed by atoms with van der Waals surface area (Å²) in [5, 5.41) is 3.76. The minimum absolute atomic E-state index is 0.0189. The van der Waals surface area contributed by atoms with E-state index >= 15 is 0 Å². The smallest absolute Gasteiger partial charge is 0.228 e. The number of pyridine rings is 1. The van der Waals surface area contributed by atoms with E-state index in [9.17, 15) is 13.2 Å². The highest BCUT2D eigenvalue weighted by atomic mass is 32.2. The van der Waals surface area contributed by atoms with Crippen molar-refractivity contribution in [2.24, 2.45) is 7.05 Å². The molecule has 0 unspecified atom stereocenters. The number of hydrogen-bond donors (Lipinski definition) is 1. The largest absolute Gasteiger partial charge is 0.350 e. The van der Waals surface area contributed by atoms with Gasteiger partial charge in [0.15, 0.2) is 14.9 Å². The summed E-state index contributed by atoms with van der Waals surface area (Å²) in [5.74, 6) is -0.180. The Labute approximate surface area is 140 Å². The summed E-state index contributed by atoms with van der Waals surface area (Å²) < 4.78 is 24.8. The quantitative estimate of drug-likeness (QED) is 0.787. The molecule has 1 N–H and O–H groups in total. The van der Waals surface area contributed by atoms with Crippen LogP contribution in [0, 0.1) is 0 Å². The third-order valence-corrected chi connectivity index (χ3v) is 4.73. The average molecular weight is 343 g/mol. The topological polar surface area (TPSA) is 81.1 Å². The first-order valence-corrected chi connectivity index (χ1v) is 9.22. The summed E-state index contributed by atoms with van der Waals surface area (Å²) in [4.78, 5) is 16.1. The number of hydrogen-bond acceptors (Lipinski definition) is 4. The van der Waals surface area contributed by atoms with Gasteiger partial charge in [-0.25, -0.2) is 13.4 Å². The van der Waals surface area contributed by atoms with Crippen molar-refractivity contribution in [1.82, 2.24) is 9.55 Å². The molecule has 0 aliphatic rings. The number of aromatic nitrogens is 2. The van der Waals surface area contributed by atoms with E-state index in [2.05, 4.69) is 10.3 Å². The van der Waals surface area contributed by atoms with Crippen LogP contribution in [0.4, 0.5) is 5.69 Å². The molecule has 3 rings (SSSR count). The number of benzene rings is 1. The summed E-state index contributed by atoms with van der Waals surface area (Å²) in [6.07, 6.45) is 4.61. The van der Waals surface area contributed by atoms with Crippen LogP contribution < -0.4 is 5.32 Å². The van der Waals surface area contributed by atoms with Crippen molar-refractivity contribution < 1.29 is 13.2 Å². The predicted molar refractivity (Wildman–Crippen MR) is 92.6 cm³/mol. The minimum Gasteiger partial charge on any atom is -0.350 e. The van der Waals surface area contributed by atoms with Gasteiger partial charge < -0.3 is 9.88 Å². The lowest BCUT2D eigenvalue weighted by Crippen LogP contribution is -2.14. The van der Waals surface area contributed by atoms with Gasteiger partial charge in [-0.15, -0.1) is 0 Å². The van der Waals surface area contributed by atoms with Crippen molar-refractivity contribution in [3.8, 4) is 0 Å². The number of sulfone groups is 1. The molecule has 0 saturated heterocycles. The van der Waals surface area contributed by atoms with Gasteiger partial charge in [-0.3, -0.25) is 4.79 Å². The van der Waals surface area contributed by atoms with Gasteiger partial charge in [0.05, 0.1) is 18.3 Å². The summed E-state index contributed by atoms with van der Waals surface area (Å²) in [7, 11) is -1.40. The maximum Gasteiger partial charge on any atom is 0.228 e. The lowest BCUT2D eigenvalue weighted by atomic mass is 10.1. The fourth-order valence-electron chi connectivity index (χ4n) is 2.62. The second-order valence-corrected chi connectivity index (χ2v) is 7.63. The standard InChI is InChI=1S/C17H17N3O3S/c1-20-11-12(14-5-3-4-6-15(14)20)9-16(21)19-13-7-8-17(18-10-13)24(2,22)23/h3-8,10-11H,9H2,1-2H3,(H,19,21). The fourth-order valence-corrected chi connectivity index (χ4v) is 3.18. The van der Waals surface area contributed by atoms with Crippen LogP contribution in [0.15, 0.2) is 53.8 Å². The van der Waals surface area contributed by atoms with Gasteiger partial charge in [0.1, 0.15) is 0 Å². The second-order valence-electron chi connectivity index (χ2n) is 5.66. The van der Waals surface area contributed by atoms with Gasteiger partial charge in [0.25, 0.3) is 0 Å². The van der Waals surface area contributed by atoms with Gasteiger partial charge in [-0.05, 0) is 23.8 Å². The number of fused-ring (bicyclic) bond motifs is 1. The molecule has 7 heteroatoms. The summed E-state index contributed by atoms with van der Waals surface area (Å²) in [6.45, 7) is 0. The molecule has 0 radical (unpaired) electrons. The SMILES string of the molecule is Cn1cc(CC(=O)Nc2ccc(S(C)(=O)=O)nc2)c2ccccc21. The first-order chi connectivity index (χ1) is 11.3. The fraction of sp³-hybridized carbons (Fsp3) is 0.176. The molecular weight excluding hydrogens is 326 g/mol. The zero-order valence-corrected chi connectivity index (χ0v) is 14.2. The number of carbonyl (C=O) groups excluding carboxylic acids is 1. The molecule has 0 spiro atoms. The molecule has 6 nitrogen and oxygen atoms in total. The Morgan fingerprint density at radius 1 is 1.21 bits per heavy atom. The van der Waals surface area contributed by atoms with Gasteiger partial charge in [0.2, 0.25) is 5.91 Å². The molecule has 0 aliphatic carbocycles. The molecule has 124 valence electrons. The maximum absolute atomic E-state index is 12.3. The highest BCUT2D eigenvalue weighted by molar-refractivity contribution is 7.90. The normalized spacial score (nSPS) is 11.6. The Morgan fingerprint density at radius 2 is 1.96 bits per heavy atom. The number of amides is 1. The molecule has 0 saturated carbocycles. The van der Waals surface area contributed by atoms with Crippen LogP contribution >= 0.6 is 0 Å². The highest BCUT2D eigenvalue weighted by Crippen LogP contribution is 2.21. The van der Waals surface area contributed by atoms with Crippen LogP contribution in [0.5, 0.6) is 0 Å². The number of nitrogens with one attached hydrogen (secondary N) is 1. The number of anilines is 1. The Morgan fingerprint density at radius 3 is 2.62 bits per heavy atom. The number of rotatable bonds is 4. The monoisotopic (exact) mass is 343 g/mol. The van der Waals surface area contributed by atoms with Crippen molar-refractivity contribution in [3.63, 3.8) is 0 Å². The minimum atomic E-state index is -3.34. The van der Waals surface area contributed by atoms with Crippen molar-refractivity contribution in [2.75, 3.05) is 11.6 Å². The molecule has 2 heterocycles. The van der Waals surface area contributed by atoms with E-state index in [4.69, 9.17) is 0 Å². The van der Waals surface area contributed by atoms with Crippen LogP contribution in [-0.4, -0.2) is 30.1 Å². The Balaban J connectivity index is 1.76. The summed E-state index contributed by atoms with van der Waals surface area (Å²) >= 11 is 0. The van der Waals surface area contributed by atoms with E-state index in [0.717, 1.165) is 22.7 Å². The second kappa shape index (κ2) is 6.09. The summed E-state index contributed by atoms with van der Waals surface area (Å²) in [6, 6.07) is 10.8. The number of nitrogens with zero attached hydrogens (tertiary/aromatic N) is 2. The van der Waals surface area contributed by atoms with E-state index in [1.807, 2.05) is 42.1 Å². The third-order valence-electron chi connectivity index (χ3n) is 3.73. The lowest BCUT2D eigenvalue weighted by molar-refractivity contribution is -0.115. The molecular formula is C17H17N3O3S. The Kier molecular flexibility index (Phi) is 4.11. The van der Waals surface area contributed by atoms with E-state index in [1.165, 1.54) is 18.3 Å². The number of para-hydroxylation sites is 1. The van der Waals surface area contributed by atoms with Crippen LogP contribution in [0.25, 0.3) is 10.9 Å². The zero-order chi connectivity index (χ0) is 17.3. The van der Waals surface area contributed by atoms with E-state index in [0.29, 0.717) is 5.69 Å². The van der Waals surface area contributed by atoms with Gasteiger partial charge >= 0.3 is 0 Å². The third kappa shape index (κ3) is 3.30. The van der Waals surface area contributed by atoms with Crippen molar-refractivity contribution >= 4 is 32.3 Å². The zero-order valence-electron chi connectivity index (χ0n) is 13.4. The average Bonchev–Trinajstić information content (AvgIpc) is 2.83. The van der Waals surface area contributed by atoms with Gasteiger partial charge in [0, 0.05) is 30.4 Å². The van der Waals surface area contributed by atoms with Crippen molar-refractivity contribution in [3.05, 3.63) is 54.4 Å². The number of carbonyl (C=O) groups is 1. The molecule has 1 amide bonds. The van der Waals surface area contributed by atoms with Crippen LogP contribution in [-0.2, 0) is 28.1 Å². The molecule has 0 atom stereocenters. The van der Waals surface area contributed by atoms with E-state index < -0.39 is 9.84 Å².